The number of rotatable bonds is 7. The summed E-state index contributed by atoms with van der Waals surface area (Å²) >= 11 is 0. The van der Waals surface area contributed by atoms with Gasteiger partial charge in [0, 0.05) is 25.3 Å². The van der Waals surface area contributed by atoms with E-state index in [0.29, 0.717) is 5.92 Å². The van der Waals surface area contributed by atoms with Crippen LogP contribution >= 0.6 is 0 Å². The smallest absolute Gasteiger partial charge is 0.0964 e. The van der Waals surface area contributed by atoms with E-state index in [1.165, 1.54) is 19.4 Å². The fraction of sp³-hybridized carbons (Fsp3) is 0.857. The molecular weight excluding hydrogens is 238 g/mol. The van der Waals surface area contributed by atoms with Crippen LogP contribution in [0.2, 0.25) is 0 Å². The fourth-order valence-corrected chi connectivity index (χ4v) is 2.57. The lowest BCUT2D eigenvalue weighted by Crippen LogP contribution is -2.30. The largest absolute Gasteiger partial charge is 0.311 e. The van der Waals surface area contributed by atoms with Crippen molar-refractivity contribution >= 4 is 0 Å². The molecule has 1 aromatic heterocycles. The van der Waals surface area contributed by atoms with Crippen molar-refractivity contribution in [1.82, 2.24) is 25.2 Å². The summed E-state index contributed by atoms with van der Waals surface area (Å²) < 4.78 is 1.97. The minimum Gasteiger partial charge on any atom is -0.311 e. The van der Waals surface area contributed by atoms with E-state index in [-0.39, 0.29) is 0 Å². The molecule has 0 spiro atoms. The quantitative estimate of drug-likeness (QED) is 0.812. The van der Waals surface area contributed by atoms with Crippen molar-refractivity contribution in [1.29, 1.82) is 0 Å². The predicted octanol–water partition coefficient (Wildman–Crippen LogP) is 1.51. The van der Waals surface area contributed by atoms with E-state index in [0.717, 1.165) is 37.9 Å². The Morgan fingerprint density at radius 3 is 2.95 bits per heavy atom. The highest BCUT2D eigenvalue weighted by atomic mass is 15.4. The van der Waals surface area contributed by atoms with Gasteiger partial charge in [-0.2, -0.15) is 0 Å². The number of hydrogen-bond acceptors (Lipinski definition) is 4. The van der Waals surface area contributed by atoms with E-state index in [1.54, 1.807) is 0 Å². The lowest BCUT2D eigenvalue weighted by Gasteiger charge is -2.20. The summed E-state index contributed by atoms with van der Waals surface area (Å²) in [5.74, 6) is 0.673. The Kier molecular flexibility index (Phi) is 5.34. The van der Waals surface area contributed by atoms with Gasteiger partial charge in [0.05, 0.1) is 12.2 Å². The molecule has 5 heteroatoms. The monoisotopic (exact) mass is 265 g/mol. The van der Waals surface area contributed by atoms with Crippen LogP contribution in [0.25, 0.3) is 0 Å². The van der Waals surface area contributed by atoms with Crippen LogP contribution in [0.4, 0.5) is 0 Å². The maximum absolute atomic E-state index is 4.21. The zero-order chi connectivity index (χ0) is 13.7. The molecular formula is C14H27N5. The summed E-state index contributed by atoms with van der Waals surface area (Å²) in [6, 6.07) is 0.732. The van der Waals surface area contributed by atoms with Gasteiger partial charge in [0.15, 0.2) is 0 Å². The molecule has 1 N–H and O–H groups in total. The molecule has 0 radical (unpaired) electrons. The summed E-state index contributed by atoms with van der Waals surface area (Å²) in [5, 5.41) is 11.8. The number of hydrogen-bond donors (Lipinski definition) is 1. The highest BCUT2D eigenvalue weighted by Gasteiger charge is 2.19. The van der Waals surface area contributed by atoms with Gasteiger partial charge in [-0.25, -0.2) is 0 Å². The van der Waals surface area contributed by atoms with Gasteiger partial charge in [0.1, 0.15) is 0 Å². The number of aromatic nitrogens is 3. The Labute approximate surface area is 116 Å². The molecule has 1 saturated heterocycles. The second kappa shape index (κ2) is 7.01. The number of likely N-dealkylation sites (tertiary alicyclic amines) is 1. The molecule has 1 aliphatic heterocycles. The van der Waals surface area contributed by atoms with Crippen LogP contribution in [0.15, 0.2) is 6.20 Å². The Hall–Kier alpha value is -0.940. The fourth-order valence-electron chi connectivity index (χ4n) is 2.57. The molecule has 2 heterocycles. The lowest BCUT2D eigenvalue weighted by atomic mass is 10.2. The molecule has 2 rings (SSSR count). The molecule has 1 aromatic rings. The van der Waals surface area contributed by atoms with Crippen molar-refractivity contribution in [2.24, 2.45) is 5.92 Å². The number of nitrogens with one attached hydrogen (secondary N) is 1. The summed E-state index contributed by atoms with van der Waals surface area (Å²) in [4.78, 5) is 2.54. The molecule has 0 amide bonds. The van der Waals surface area contributed by atoms with Crippen LogP contribution in [0.3, 0.4) is 0 Å². The van der Waals surface area contributed by atoms with Gasteiger partial charge in [-0.05, 0) is 38.8 Å². The molecule has 0 saturated carbocycles. The lowest BCUT2D eigenvalue weighted by molar-refractivity contribution is 0.253. The van der Waals surface area contributed by atoms with E-state index in [1.807, 2.05) is 4.68 Å². The zero-order valence-electron chi connectivity index (χ0n) is 12.5. The maximum atomic E-state index is 4.21. The third-order valence-electron chi connectivity index (χ3n) is 3.75. The third-order valence-corrected chi connectivity index (χ3v) is 3.75. The summed E-state index contributed by atoms with van der Waals surface area (Å²) in [6.07, 6.45) is 4.73. The van der Waals surface area contributed by atoms with E-state index in [9.17, 15) is 0 Å². The molecule has 0 aromatic carbocycles. The molecule has 108 valence electrons. The predicted molar refractivity (Wildman–Crippen MR) is 76.8 cm³/mol. The first kappa shape index (κ1) is 14.5. The van der Waals surface area contributed by atoms with E-state index < -0.39 is 0 Å². The summed E-state index contributed by atoms with van der Waals surface area (Å²) in [5.41, 5.74) is 1.04. The van der Waals surface area contributed by atoms with Gasteiger partial charge >= 0.3 is 0 Å². The van der Waals surface area contributed by atoms with Crippen molar-refractivity contribution in [3.63, 3.8) is 0 Å². The molecule has 19 heavy (non-hydrogen) atoms. The Bertz CT molecular complexity index is 374. The molecule has 1 atom stereocenters. The molecule has 1 fully saturated rings. The van der Waals surface area contributed by atoms with Crippen molar-refractivity contribution in [2.45, 2.75) is 52.7 Å². The first-order valence-electron chi connectivity index (χ1n) is 7.49. The van der Waals surface area contributed by atoms with Gasteiger partial charge in [-0.1, -0.05) is 19.1 Å². The van der Waals surface area contributed by atoms with Crippen LogP contribution < -0.4 is 5.32 Å². The highest BCUT2D eigenvalue weighted by molar-refractivity contribution is 4.91. The van der Waals surface area contributed by atoms with E-state index in [2.05, 4.69) is 47.5 Å². The Balaban J connectivity index is 1.71. The van der Waals surface area contributed by atoms with Gasteiger partial charge in [0.2, 0.25) is 0 Å². The van der Waals surface area contributed by atoms with E-state index >= 15 is 0 Å². The SMILES string of the molecule is CC(C)CNCc1cn(CCN2CCCC2C)nn1. The average Bonchev–Trinajstić information content (AvgIpc) is 2.95. The van der Waals surface area contributed by atoms with Gasteiger partial charge < -0.3 is 5.32 Å². The van der Waals surface area contributed by atoms with Gasteiger partial charge in [-0.3, -0.25) is 9.58 Å². The molecule has 1 unspecified atom stereocenters. The summed E-state index contributed by atoms with van der Waals surface area (Å²) in [7, 11) is 0. The maximum Gasteiger partial charge on any atom is 0.0964 e. The average molecular weight is 265 g/mol. The van der Waals surface area contributed by atoms with Crippen molar-refractivity contribution in [3.05, 3.63) is 11.9 Å². The highest BCUT2D eigenvalue weighted by Crippen LogP contribution is 2.15. The van der Waals surface area contributed by atoms with E-state index in [4.69, 9.17) is 0 Å². The normalized spacial score (nSPS) is 20.5. The topological polar surface area (TPSA) is 46.0 Å². The van der Waals surface area contributed by atoms with Crippen molar-refractivity contribution in [3.8, 4) is 0 Å². The van der Waals surface area contributed by atoms with Gasteiger partial charge in [0.25, 0.3) is 0 Å². The summed E-state index contributed by atoms with van der Waals surface area (Å²) in [6.45, 7) is 11.8. The Morgan fingerprint density at radius 1 is 1.42 bits per heavy atom. The van der Waals surface area contributed by atoms with Crippen molar-refractivity contribution < 1.29 is 0 Å². The molecule has 0 aliphatic carbocycles. The van der Waals surface area contributed by atoms with Gasteiger partial charge in [-0.15, -0.1) is 5.10 Å². The van der Waals surface area contributed by atoms with Crippen LogP contribution in [0, 0.1) is 5.92 Å². The third kappa shape index (κ3) is 4.58. The zero-order valence-corrected chi connectivity index (χ0v) is 12.5. The van der Waals surface area contributed by atoms with Crippen LogP contribution in [-0.4, -0.2) is 45.6 Å². The molecule has 1 aliphatic rings. The van der Waals surface area contributed by atoms with Crippen LogP contribution in [0.1, 0.15) is 39.3 Å². The molecule has 5 nitrogen and oxygen atoms in total. The standard InChI is InChI=1S/C14H27N5/c1-12(2)9-15-10-14-11-19(17-16-14)8-7-18-6-4-5-13(18)3/h11-13,15H,4-10H2,1-3H3. The first-order chi connectivity index (χ1) is 9.15. The Morgan fingerprint density at radius 2 is 2.26 bits per heavy atom. The van der Waals surface area contributed by atoms with Crippen LogP contribution in [-0.2, 0) is 13.1 Å². The van der Waals surface area contributed by atoms with Crippen LogP contribution in [0.5, 0.6) is 0 Å². The second-order valence-electron chi connectivity index (χ2n) is 6.02. The number of nitrogens with zero attached hydrogens (tertiary/aromatic N) is 4. The van der Waals surface area contributed by atoms with Crippen molar-refractivity contribution in [2.75, 3.05) is 19.6 Å². The second-order valence-corrected chi connectivity index (χ2v) is 6.02. The minimum atomic E-state index is 0.673. The molecule has 0 bridgehead atoms. The minimum absolute atomic E-state index is 0.673. The first-order valence-corrected chi connectivity index (χ1v) is 7.49.